The first-order valence-electron chi connectivity index (χ1n) is 3.27. The minimum Gasteiger partial charge on any atom is -0.404 e. The Morgan fingerprint density at radius 2 is 2.00 bits per heavy atom. The van der Waals surface area contributed by atoms with Crippen molar-refractivity contribution in [1.29, 1.82) is 0 Å². The first-order valence-corrected chi connectivity index (χ1v) is 3.27. The Hall–Kier alpha value is -0.990. The summed E-state index contributed by atoms with van der Waals surface area (Å²) in [6, 6.07) is 0. The molecule has 0 amide bonds. The number of amidine groups is 1. The third-order valence-electron chi connectivity index (χ3n) is 1.34. The number of rotatable bonds is 2. The predicted octanol–water partition coefficient (Wildman–Crippen LogP) is 0.472. The second-order valence-corrected chi connectivity index (χ2v) is 2.39. The molecule has 0 radical (unpaired) electrons. The predicted molar refractivity (Wildman–Crippen MR) is 44.7 cm³/mol. The number of aliphatic imine (C=N–C) groups is 1. The zero-order valence-electron chi connectivity index (χ0n) is 6.76. The van der Waals surface area contributed by atoms with Crippen LogP contribution in [0.3, 0.4) is 0 Å². The molecule has 0 aliphatic carbocycles. The smallest absolute Gasteiger partial charge is 0.122 e. The van der Waals surface area contributed by atoms with Gasteiger partial charge >= 0.3 is 0 Å². The quantitative estimate of drug-likeness (QED) is 0.433. The van der Waals surface area contributed by atoms with Crippen LogP contribution in [0.5, 0.6) is 0 Å². The summed E-state index contributed by atoms with van der Waals surface area (Å²) in [7, 11) is 1.65. The minimum absolute atomic E-state index is 0.341. The highest BCUT2D eigenvalue weighted by Gasteiger charge is 2.04. The molecular formula is C7H15N3. The lowest BCUT2D eigenvalue weighted by Crippen LogP contribution is -2.19. The fourth-order valence-electron chi connectivity index (χ4n) is 0.703. The topological polar surface area (TPSA) is 64.4 Å². The van der Waals surface area contributed by atoms with Gasteiger partial charge in [-0.1, -0.05) is 13.8 Å². The van der Waals surface area contributed by atoms with Gasteiger partial charge < -0.3 is 11.5 Å². The van der Waals surface area contributed by atoms with Gasteiger partial charge in [0, 0.05) is 18.8 Å². The van der Waals surface area contributed by atoms with Gasteiger partial charge in [0.15, 0.2) is 0 Å². The van der Waals surface area contributed by atoms with Crippen LogP contribution in [0.25, 0.3) is 0 Å². The van der Waals surface area contributed by atoms with Gasteiger partial charge in [0.25, 0.3) is 0 Å². The Labute approximate surface area is 61.8 Å². The molecule has 0 bridgehead atoms. The number of nitrogens with zero attached hydrogens (tertiary/aromatic N) is 1. The van der Waals surface area contributed by atoms with Crippen molar-refractivity contribution in [2.45, 2.75) is 13.8 Å². The molecule has 3 nitrogen and oxygen atoms in total. The van der Waals surface area contributed by atoms with Crippen molar-refractivity contribution < 1.29 is 0 Å². The summed E-state index contributed by atoms with van der Waals surface area (Å²) in [5.41, 5.74) is 11.8. The maximum atomic E-state index is 5.53. The molecule has 4 N–H and O–H groups in total. The maximum Gasteiger partial charge on any atom is 0.122 e. The monoisotopic (exact) mass is 141 g/mol. The summed E-state index contributed by atoms with van der Waals surface area (Å²) in [5, 5.41) is 0. The first kappa shape index (κ1) is 9.01. The molecule has 0 rings (SSSR count). The fraction of sp³-hybridized carbons (Fsp3) is 0.571. The Morgan fingerprint density at radius 3 is 2.10 bits per heavy atom. The van der Waals surface area contributed by atoms with Gasteiger partial charge in [-0.15, -0.1) is 0 Å². The highest BCUT2D eigenvalue weighted by Crippen LogP contribution is 2.06. The van der Waals surface area contributed by atoms with E-state index in [0.29, 0.717) is 11.8 Å². The van der Waals surface area contributed by atoms with Crippen molar-refractivity contribution in [2.75, 3.05) is 7.05 Å². The normalized spacial score (nSPS) is 14.4. The lowest BCUT2D eigenvalue weighted by molar-refractivity contribution is 0.797. The zero-order valence-corrected chi connectivity index (χ0v) is 6.76. The van der Waals surface area contributed by atoms with E-state index in [4.69, 9.17) is 11.5 Å². The van der Waals surface area contributed by atoms with Crippen LogP contribution >= 0.6 is 0 Å². The molecule has 0 fully saturated rings. The van der Waals surface area contributed by atoms with Crippen LogP contribution < -0.4 is 11.5 Å². The van der Waals surface area contributed by atoms with E-state index in [1.807, 2.05) is 13.8 Å². The molecule has 10 heavy (non-hydrogen) atoms. The summed E-state index contributed by atoms with van der Waals surface area (Å²) in [4.78, 5) is 3.83. The van der Waals surface area contributed by atoms with Gasteiger partial charge in [-0.3, -0.25) is 4.99 Å². The Kier molecular flexibility index (Phi) is 3.54. The molecule has 0 heterocycles. The molecule has 3 heteroatoms. The van der Waals surface area contributed by atoms with E-state index < -0.39 is 0 Å². The van der Waals surface area contributed by atoms with Crippen LogP contribution in [0.1, 0.15) is 13.8 Å². The van der Waals surface area contributed by atoms with Gasteiger partial charge in [0.05, 0.1) is 0 Å². The second-order valence-electron chi connectivity index (χ2n) is 2.39. The zero-order chi connectivity index (χ0) is 8.15. The highest BCUT2D eigenvalue weighted by molar-refractivity contribution is 5.97. The van der Waals surface area contributed by atoms with E-state index in [1.54, 1.807) is 7.05 Å². The van der Waals surface area contributed by atoms with Crippen LogP contribution in [0.2, 0.25) is 0 Å². The molecule has 0 aromatic carbocycles. The van der Waals surface area contributed by atoms with Crippen molar-refractivity contribution in [2.24, 2.45) is 22.4 Å². The Balaban J connectivity index is 4.39. The van der Waals surface area contributed by atoms with E-state index in [2.05, 4.69) is 4.99 Å². The molecule has 0 saturated carbocycles. The van der Waals surface area contributed by atoms with Gasteiger partial charge in [-0.2, -0.15) is 0 Å². The largest absolute Gasteiger partial charge is 0.404 e. The number of nitrogens with two attached hydrogens (primary N) is 2. The molecule has 0 saturated heterocycles. The third kappa shape index (κ3) is 2.09. The Morgan fingerprint density at radius 1 is 1.50 bits per heavy atom. The maximum absolute atomic E-state index is 5.53. The van der Waals surface area contributed by atoms with E-state index in [0.717, 1.165) is 5.57 Å². The molecule has 0 aromatic heterocycles. The fourth-order valence-corrected chi connectivity index (χ4v) is 0.703. The summed E-state index contributed by atoms with van der Waals surface area (Å²) >= 11 is 0. The van der Waals surface area contributed by atoms with E-state index in [9.17, 15) is 0 Å². The molecule has 0 spiro atoms. The SMILES string of the molecule is CN=C(N)C(=CN)C(C)C. The van der Waals surface area contributed by atoms with Crippen LogP contribution in [0.4, 0.5) is 0 Å². The molecular weight excluding hydrogens is 126 g/mol. The molecule has 0 atom stereocenters. The highest BCUT2D eigenvalue weighted by atomic mass is 14.8. The molecule has 0 aromatic rings. The van der Waals surface area contributed by atoms with E-state index in [1.165, 1.54) is 6.20 Å². The lowest BCUT2D eigenvalue weighted by Gasteiger charge is -2.07. The molecule has 0 aliphatic heterocycles. The Bertz CT molecular complexity index is 156. The minimum atomic E-state index is 0.341. The average Bonchev–Trinajstić information content (AvgIpc) is 1.88. The van der Waals surface area contributed by atoms with E-state index in [-0.39, 0.29) is 0 Å². The van der Waals surface area contributed by atoms with E-state index >= 15 is 0 Å². The molecule has 58 valence electrons. The standard InChI is InChI=1S/C7H15N3/c1-5(2)6(4-8)7(9)10-3/h4-5H,8H2,1-3H3,(H2,9,10). The van der Waals surface area contributed by atoms with Crippen molar-refractivity contribution in [3.05, 3.63) is 11.8 Å². The van der Waals surface area contributed by atoms with Crippen molar-refractivity contribution in [3.8, 4) is 0 Å². The third-order valence-corrected chi connectivity index (χ3v) is 1.34. The lowest BCUT2D eigenvalue weighted by atomic mass is 10.0. The van der Waals surface area contributed by atoms with Crippen molar-refractivity contribution in [1.82, 2.24) is 0 Å². The average molecular weight is 141 g/mol. The van der Waals surface area contributed by atoms with Crippen LogP contribution in [-0.4, -0.2) is 12.9 Å². The van der Waals surface area contributed by atoms with Crippen LogP contribution in [-0.2, 0) is 0 Å². The van der Waals surface area contributed by atoms with Gasteiger partial charge in [0.1, 0.15) is 5.84 Å². The molecule has 0 unspecified atom stereocenters. The van der Waals surface area contributed by atoms with Crippen LogP contribution in [0.15, 0.2) is 16.8 Å². The van der Waals surface area contributed by atoms with Crippen molar-refractivity contribution in [3.63, 3.8) is 0 Å². The molecule has 0 aliphatic rings. The summed E-state index contributed by atoms with van der Waals surface area (Å²) in [5.74, 6) is 0.867. The number of hydrogen-bond acceptors (Lipinski definition) is 2. The van der Waals surface area contributed by atoms with Crippen molar-refractivity contribution >= 4 is 5.84 Å². The summed E-state index contributed by atoms with van der Waals surface area (Å²) in [6.07, 6.45) is 1.51. The summed E-state index contributed by atoms with van der Waals surface area (Å²) < 4.78 is 0. The number of hydrogen-bond donors (Lipinski definition) is 2. The second kappa shape index (κ2) is 3.93. The van der Waals surface area contributed by atoms with Gasteiger partial charge in [-0.05, 0) is 5.92 Å². The first-order chi connectivity index (χ1) is 4.63. The van der Waals surface area contributed by atoms with Gasteiger partial charge in [-0.25, -0.2) is 0 Å². The van der Waals surface area contributed by atoms with Gasteiger partial charge in [0.2, 0.25) is 0 Å². The summed E-state index contributed by atoms with van der Waals surface area (Å²) in [6.45, 7) is 4.05. The van der Waals surface area contributed by atoms with Crippen LogP contribution in [0, 0.1) is 5.92 Å².